The van der Waals surface area contributed by atoms with Crippen molar-refractivity contribution in [2.24, 2.45) is 0 Å². The molecule has 0 saturated carbocycles. The zero-order valence-electron chi connectivity index (χ0n) is 11.2. The van der Waals surface area contributed by atoms with Crippen LogP contribution in [0.2, 0.25) is 0 Å². The van der Waals surface area contributed by atoms with Gasteiger partial charge in [-0.1, -0.05) is 13.0 Å². The van der Waals surface area contributed by atoms with Gasteiger partial charge in [0.1, 0.15) is 5.76 Å². The van der Waals surface area contributed by atoms with Gasteiger partial charge in [-0.25, -0.2) is 0 Å². The molecule has 0 unspecified atom stereocenters. The maximum Gasteiger partial charge on any atom is 0.118 e. The average molecular weight is 236 g/mol. The average Bonchev–Trinajstić information content (AvgIpc) is 2.73. The second-order valence-corrected chi connectivity index (χ2v) is 4.51. The molecule has 0 aliphatic rings. The van der Waals surface area contributed by atoms with Crippen LogP contribution in [0.4, 0.5) is 0 Å². The molecule has 0 aromatic carbocycles. The Labute approximate surface area is 104 Å². The predicted octanol–water partition coefficient (Wildman–Crippen LogP) is 2.79. The van der Waals surface area contributed by atoms with Crippen LogP contribution in [-0.4, -0.2) is 24.0 Å². The lowest BCUT2D eigenvalue weighted by molar-refractivity contribution is 0.218. The minimum absolute atomic E-state index is 0.496. The first-order valence-corrected chi connectivity index (χ1v) is 6.29. The molecule has 1 rings (SSSR count). The smallest absolute Gasteiger partial charge is 0.118 e. The van der Waals surface area contributed by atoms with Crippen molar-refractivity contribution in [3.05, 3.63) is 36.3 Å². The van der Waals surface area contributed by atoms with Crippen molar-refractivity contribution in [2.75, 3.05) is 13.1 Å². The number of hydrogen-bond donors (Lipinski definition) is 1. The highest BCUT2D eigenvalue weighted by Gasteiger charge is 2.11. The summed E-state index contributed by atoms with van der Waals surface area (Å²) in [5.41, 5.74) is 1.21. The van der Waals surface area contributed by atoms with E-state index in [1.807, 2.05) is 12.3 Å². The molecule has 0 fully saturated rings. The van der Waals surface area contributed by atoms with Crippen molar-refractivity contribution in [1.82, 2.24) is 10.2 Å². The van der Waals surface area contributed by atoms with Crippen LogP contribution >= 0.6 is 0 Å². The van der Waals surface area contributed by atoms with Gasteiger partial charge >= 0.3 is 0 Å². The highest BCUT2D eigenvalue weighted by molar-refractivity contribution is 5.12. The van der Waals surface area contributed by atoms with Crippen molar-refractivity contribution in [3.63, 3.8) is 0 Å². The summed E-state index contributed by atoms with van der Waals surface area (Å²) in [6.45, 7) is 13.9. The zero-order chi connectivity index (χ0) is 12.7. The van der Waals surface area contributed by atoms with E-state index in [2.05, 4.69) is 43.6 Å². The van der Waals surface area contributed by atoms with Gasteiger partial charge in [0.2, 0.25) is 0 Å². The molecule has 1 aromatic rings. The van der Waals surface area contributed by atoms with Gasteiger partial charge in [0, 0.05) is 24.7 Å². The first kappa shape index (κ1) is 14.0. The maximum atomic E-state index is 5.57. The minimum Gasteiger partial charge on any atom is -0.468 e. The van der Waals surface area contributed by atoms with Crippen LogP contribution in [0.25, 0.3) is 0 Å². The van der Waals surface area contributed by atoms with Crippen LogP contribution in [-0.2, 0) is 13.1 Å². The standard InChI is InChI=1S/C14H24N2O/c1-5-7-16(12(3)4)10-14-8-13(11-17-14)9-15-6-2/h5,8,11-12,15H,1,6-7,9-10H2,2-4H3. The SMILES string of the molecule is C=CCN(Cc1cc(CNCC)co1)C(C)C. The van der Waals surface area contributed by atoms with E-state index in [1.165, 1.54) is 5.56 Å². The van der Waals surface area contributed by atoms with Gasteiger partial charge < -0.3 is 9.73 Å². The quantitative estimate of drug-likeness (QED) is 0.704. The Hall–Kier alpha value is -1.06. The first-order chi connectivity index (χ1) is 8.17. The fourth-order valence-corrected chi connectivity index (χ4v) is 1.70. The summed E-state index contributed by atoms with van der Waals surface area (Å²) in [4.78, 5) is 2.32. The second-order valence-electron chi connectivity index (χ2n) is 4.51. The molecule has 0 saturated heterocycles. The third-order valence-electron chi connectivity index (χ3n) is 2.74. The van der Waals surface area contributed by atoms with Gasteiger partial charge in [0.15, 0.2) is 0 Å². The number of rotatable bonds is 8. The highest BCUT2D eigenvalue weighted by atomic mass is 16.3. The van der Waals surface area contributed by atoms with Gasteiger partial charge in [-0.3, -0.25) is 4.90 Å². The van der Waals surface area contributed by atoms with Crippen LogP contribution < -0.4 is 5.32 Å². The summed E-state index contributed by atoms with van der Waals surface area (Å²) in [6, 6.07) is 2.62. The monoisotopic (exact) mass is 236 g/mol. The molecule has 0 aliphatic heterocycles. The first-order valence-electron chi connectivity index (χ1n) is 6.29. The lowest BCUT2D eigenvalue weighted by Crippen LogP contribution is -2.30. The van der Waals surface area contributed by atoms with Crippen molar-refractivity contribution in [1.29, 1.82) is 0 Å². The third-order valence-corrected chi connectivity index (χ3v) is 2.74. The lowest BCUT2D eigenvalue weighted by Gasteiger charge is -2.23. The summed E-state index contributed by atoms with van der Waals surface area (Å²) in [6.07, 6.45) is 3.77. The van der Waals surface area contributed by atoms with E-state index in [0.29, 0.717) is 6.04 Å². The van der Waals surface area contributed by atoms with E-state index in [-0.39, 0.29) is 0 Å². The van der Waals surface area contributed by atoms with E-state index >= 15 is 0 Å². The number of hydrogen-bond acceptors (Lipinski definition) is 3. The Balaban J connectivity index is 2.54. The lowest BCUT2D eigenvalue weighted by atomic mass is 10.2. The van der Waals surface area contributed by atoms with Gasteiger partial charge in [0.05, 0.1) is 12.8 Å². The minimum atomic E-state index is 0.496. The van der Waals surface area contributed by atoms with E-state index in [1.54, 1.807) is 0 Å². The van der Waals surface area contributed by atoms with Crippen LogP contribution in [0.5, 0.6) is 0 Å². The normalized spacial score (nSPS) is 11.4. The van der Waals surface area contributed by atoms with E-state index < -0.39 is 0 Å². The Morgan fingerprint density at radius 2 is 2.29 bits per heavy atom. The van der Waals surface area contributed by atoms with Crippen LogP contribution in [0.1, 0.15) is 32.1 Å². The summed E-state index contributed by atoms with van der Waals surface area (Å²) in [5.74, 6) is 1.02. The third kappa shape index (κ3) is 4.75. The largest absolute Gasteiger partial charge is 0.468 e. The molecular weight excluding hydrogens is 212 g/mol. The van der Waals surface area contributed by atoms with Gasteiger partial charge in [-0.15, -0.1) is 6.58 Å². The van der Waals surface area contributed by atoms with Crippen LogP contribution in [0.15, 0.2) is 29.4 Å². The van der Waals surface area contributed by atoms with Crippen molar-refractivity contribution < 1.29 is 4.42 Å². The van der Waals surface area contributed by atoms with Crippen molar-refractivity contribution in [2.45, 2.75) is 39.9 Å². The Bertz CT molecular complexity index is 331. The molecule has 3 heteroatoms. The van der Waals surface area contributed by atoms with Gasteiger partial charge in [-0.2, -0.15) is 0 Å². The molecule has 3 nitrogen and oxygen atoms in total. The molecule has 0 bridgehead atoms. The van der Waals surface area contributed by atoms with Crippen LogP contribution in [0.3, 0.4) is 0 Å². The topological polar surface area (TPSA) is 28.4 Å². The molecule has 0 radical (unpaired) electrons. The fraction of sp³-hybridized carbons (Fsp3) is 0.571. The Kier molecular flexibility index (Phi) is 6.01. The molecule has 1 aromatic heterocycles. The fourth-order valence-electron chi connectivity index (χ4n) is 1.70. The van der Waals surface area contributed by atoms with Crippen molar-refractivity contribution >= 4 is 0 Å². The number of nitrogens with zero attached hydrogens (tertiary/aromatic N) is 1. The molecule has 1 N–H and O–H groups in total. The number of nitrogens with one attached hydrogen (secondary N) is 1. The summed E-state index contributed by atoms with van der Waals surface area (Å²) in [5, 5.41) is 3.29. The van der Waals surface area contributed by atoms with Crippen molar-refractivity contribution in [3.8, 4) is 0 Å². The highest BCUT2D eigenvalue weighted by Crippen LogP contribution is 2.12. The molecule has 0 aliphatic carbocycles. The Morgan fingerprint density at radius 1 is 1.53 bits per heavy atom. The second kappa shape index (κ2) is 7.30. The van der Waals surface area contributed by atoms with E-state index in [4.69, 9.17) is 4.42 Å². The number of furan rings is 1. The molecule has 0 spiro atoms. The van der Waals surface area contributed by atoms with E-state index in [0.717, 1.165) is 31.9 Å². The molecule has 96 valence electrons. The Morgan fingerprint density at radius 3 is 2.88 bits per heavy atom. The maximum absolute atomic E-state index is 5.57. The van der Waals surface area contributed by atoms with Gasteiger partial charge in [-0.05, 0) is 26.5 Å². The molecule has 0 amide bonds. The van der Waals surface area contributed by atoms with Gasteiger partial charge in [0.25, 0.3) is 0 Å². The van der Waals surface area contributed by atoms with Crippen LogP contribution in [0, 0.1) is 0 Å². The molecule has 17 heavy (non-hydrogen) atoms. The molecule has 0 atom stereocenters. The predicted molar refractivity (Wildman–Crippen MR) is 71.8 cm³/mol. The van der Waals surface area contributed by atoms with E-state index in [9.17, 15) is 0 Å². The zero-order valence-corrected chi connectivity index (χ0v) is 11.2. The summed E-state index contributed by atoms with van der Waals surface area (Å²) < 4.78 is 5.57. The summed E-state index contributed by atoms with van der Waals surface area (Å²) >= 11 is 0. The summed E-state index contributed by atoms with van der Waals surface area (Å²) in [7, 11) is 0. The molecule has 1 heterocycles. The molecular formula is C14H24N2O.